The number of hydrogen-bond acceptors (Lipinski definition) is 6. The SMILES string of the molecule is CC(C)S(=O)(=O)c1ccc(NCCN2CCCCC2)c([N+](=O)[O-])c1. The van der Waals surface area contributed by atoms with Gasteiger partial charge in [-0.2, -0.15) is 0 Å². The van der Waals surface area contributed by atoms with E-state index in [4.69, 9.17) is 0 Å². The van der Waals surface area contributed by atoms with Crippen molar-refractivity contribution in [2.45, 2.75) is 43.3 Å². The lowest BCUT2D eigenvalue weighted by atomic mass is 10.1. The van der Waals surface area contributed by atoms with E-state index >= 15 is 0 Å². The topological polar surface area (TPSA) is 92.6 Å². The van der Waals surface area contributed by atoms with Gasteiger partial charge in [-0.15, -0.1) is 0 Å². The van der Waals surface area contributed by atoms with Crippen LogP contribution in [0, 0.1) is 10.1 Å². The van der Waals surface area contributed by atoms with Crippen LogP contribution in [0.3, 0.4) is 0 Å². The number of nitro benzene ring substituents is 1. The van der Waals surface area contributed by atoms with Crippen LogP contribution in [0.1, 0.15) is 33.1 Å². The van der Waals surface area contributed by atoms with Crippen molar-refractivity contribution in [2.75, 3.05) is 31.5 Å². The quantitative estimate of drug-likeness (QED) is 0.597. The second kappa shape index (κ2) is 7.94. The van der Waals surface area contributed by atoms with Gasteiger partial charge in [-0.05, 0) is 51.9 Å². The molecule has 0 aromatic heterocycles. The Labute approximate surface area is 143 Å². The Bertz CT molecular complexity index is 683. The maximum Gasteiger partial charge on any atom is 0.293 e. The predicted octanol–water partition coefficient (Wildman–Crippen LogP) is 2.67. The summed E-state index contributed by atoms with van der Waals surface area (Å²) in [5.74, 6) is 0. The van der Waals surface area contributed by atoms with Gasteiger partial charge in [0.25, 0.3) is 5.69 Å². The molecule has 0 bridgehead atoms. The summed E-state index contributed by atoms with van der Waals surface area (Å²) in [5, 5.41) is 13.8. The van der Waals surface area contributed by atoms with Gasteiger partial charge >= 0.3 is 0 Å². The van der Waals surface area contributed by atoms with E-state index in [2.05, 4.69) is 10.2 Å². The highest BCUT2D eigenvalue weighted by atomic mass is 32.2. The lowest BCUT2D eigenvalue weighted by molar-refractivity contribution is -0.384. The third-order valence-electron chi connectivity index (χ3n) is 4.31. The van der Waals surface area contributed by atoms with E-state index < -0.39 is 20.0 Å². The van der Waals surface area contributed by atoms with Crippen molar-refractivity contribution in [1.82, 2.24) is 4.90 Å². The van der Waals surface area contributed by atoms with Crippen LogP contribution in [-0.4, -0.2) is 49.7 Å². The summed E-state index contributed by atoms with van der Waals surface area (Å²) < 4.78 is 24.4. The van der Waals surface area contributed by atoms with E-state index in [1.54, 1.807) is 13.8 Å². The second-order valence-electron chi connectivity index (χ2n) is 6.36. The van der Waals surface area contributed by atoms with E-state index in [1.807, 2.05) is 0 Å². The zero-order chi connectivity index (χ0) is 17.7. The predicted molar refractivity (Wildman–Crippen MR) is 94.2 cm³/mol. The van der Waals surface area contributed by atoms with Gasteiger partial charge in [0.05, 0.1) is 15.1 Å². The van der Waals surface area contributed by atoms with Crippen LogP contribution in [0.4, 0.5) is 11.4 Å². The monoisotopic (exact) mass is 355 g/mol. The third kappa shape index (κ3) is 4.45. The zero-order valence-corrected chi connectivity index (χ0v) is 15.0. The molecule has 0 spiro atoms. The van der Waals surface area contributed by atoms with Crippen LogP contribution < -0.4 is 5.32 Å². The van der Waals surface area contributed by atoms with E-state index in [1.165, 1.54) is 31.4 Å². The number of hydrogen-bond donors (Lipinski definition) is 1. The third-order valence-corrected chi connectivity index (χ3v) is 6.46. The van der Waals surface area contributed by atoms with Crippen LogP contribution in [0.15, 0.2) is 23.1 Å². The number of benzene rings is 1. The van der Waals surface area contributed by atoms with Crippen LogP contribution in [0.5, 0.6) is 0 Å². The van der Waals surface area contributed by atoms with Gasteiger partial charge in [0.1, 0.15) is 5.69 Å². The average Bonchev–Trinajstić information content (AvgIpc) is 2.55. The zero-order valence-electron chi connectivity index (χ0n) is 14.2. The standard InChI is InChI=1S/C16H25N3O4S/c1-13(2)24(22,23)14-6-7-15(16(12-14)19(20)21)17-8-11-18-9-4-3-5-10-18/h6-7,12-13,17H,3-5,8-11H2,1-2H3. The summed E-state index contributed by atoms with van der Waals surface area (Å²) in [6.45, 7) is 6.67. The summed E-state index contributed by atoms with van der Waals surface area (Å²) in [4.78, 5) is 13.1. The fourth-order valence-corrected chi connectivity index (χ4v) is 3.87. The molecule has 0 aliphatic carbocycles. The van der Waals surface area contributed by atoms with Gasteiger partial charge in [-0.1, -0.05) is 6.42 Å². The van der Waals surface area contributed by atoms with Crippen LogP contribution in [0.2, 0.25) is 0 Å². The van der Waals surface area contributed by atoms with Crippen molar-refractivity contribution in [3.05, 3.63) is 28.3 Å². The molecule has 134 valence electrons. The first-order valence-electron chi connectivity index (χ1n) is 8.31. The molecule has 7 nitrogen and oxygen atoms in total. The normalized spacial score (nSPS) is 16.3. The molecule has 0 amide bonds. The number of sulfone groups is 1. The van der Waals surface area contributed by atoms with Gasteiger partial charge in [0.2, 0.25) is 0 Å². The van der Waals surface area contributed by atoms with Crippen molar-refractivity contribution >= 4 is 21.2 Å². The van der Waals surface area contributed by atoms with Crippen molar-refractivity contribution in [2.24, 2.45) is 0 Å². The highest BCUT2D eigenvalue weighted by Crippen LogP contribution is 2.29. The van der Waals surface area contributed by atoms with Crippen molar-refractivity contribution in [1.29, 1.82) is 0 Å². The minimum absolute atomic E-state index is 0.00854. The number of likely N-dealkylation sites (tertiary alicyclic amines) is 1. The molecule has 0 saturated carbocycles. The molecular weight excluding hydrogens is 330 g/mol. The number of nitro groups is 1. The minimum atomic E-state index is -3.53. The Hall–Kier alpha value is -1.67. The lowest BCUT2D eigenvalue weighted by Crippen LogP contribution is -2.33. The molecule has 0 radical (unpaired) electrons. The van der Waals surface area contributed by atoms with Gasteiger partial charge in [-0.3, -0.25) is 10.1 Å². The first kappa shape index (κ1) is 18.7. The van der Waals surface area contributed by atoms with Crippen LogP contribution in [0.25, 0.3) is 0 Å². The fourth-order valence-electron chi connectivity index (χ4n) is 2.79. The smallest absolute Gasteiger partial charge is 0.293 e. The summed E-state index contributed by atoms with van der Waals surface area (Å²) in [5.41, 5.74) is 0.162. The summed E-state index contributed by atoms with van der Waals surface area (Å²) in [6.07, 6.45) is 3.66. The summed E-state index contributed by atoms with van der Waals surface area (Å²) >= 11 is 0. The Morgan fingerprint density at radius 1 is 1.25 bits per heavy atom. The highest BCUT2D eigenvalue weighted by molar-refractivity contribution is 7.92. The maximum atomic E-state index is 12.2. The van der Waals surface area contributed by atoms with Crippen LogP contribution in [-0.2, 0) is 9.84 Å². The summed E-state index contributed by atoms with van der Waals surface area (Å²) in [7, 11) is -3.53. The maximum absolute atomic E-state index is 12.2. The van der Waals surface area contributed by atoms with Gasteiger partial charge in [0, 0.05) is 19.2 Å². The number of rotatable bonds is 7. The molecule has 24 heavy (non-hydrogen) atoms. The van der Waals surface area contributed by atoms with E-state index in [9.17, 15) is 18.5 Å². The summed E-state index contributed by atoms with van der Waals surface area (Å²) in [6, 6.07) is 4.08. The molecule has 1 aliphatic heterocycles. The molecule has 1 aliphatic rings. The number of nitrogens with one attached hydrogen (secondary N) is 1. The minimum Gasteiger partial charge on any atom is -0.378 e. The molecule has 2 rings (SSSR count). The molecule has 0 unspecified atom stereocenters. The Morgan fingerprint density at radius 2 is 1.92 bits per heavy atom. The van der Waals surface area contributed by atoms with Crippen molar-refractivity contribution in [3.63, 3.8) is 0 Å². The molecule has 0 atom stereocenters. The molecule has 1 aromatic carbocycles. The first-order valence-corrected chi connectivity index (χ1v) is 9.85. The lowest BCUT2D eigenvalue weighted by Gasteiger charge is -2.26. The highest BCUT2D eigenvalue weighted by Gasteiger charge is 2.24. The molecule has 1 aromatic rings. The van der Waals surface area contributed by atoms with E-state index in [-0.39, 0.29) is 10.6 Å². The number of anilines is 1. The largest absolute Gasteiger partial charge is 0.378 e. The van der Waals surface area contributed by atoms with Crippen LogP contribution >= 0.6 is 0 Å². The van der Waals surface area contributed by atoms with Crippen molar-refractivity contribution in [3.8, 4) is 0 Å². The Balaban J connectivity index is 2.10. The Kier molecular flexibility index (Phi) is 6.17. The average molecular weight is 355 g/mol. The molecule has 1 saturated heterocycles. The van der Waals surface area contributed by atoms with E-state index in [0.29, 0.717) is 12.2 Å². The number of nitrogens with zero attached hydrogens (tertiary/aromatic N) is 2. The molecule has 1 heterocycles. The van der Waals surface area contributed by atoms with Gasteiger partial charge in [0.15, 0.2) is 9.84 Å². The van der Waals surface area contributed by atoms with Gasteiger partial charge in [-0.25, -0.2) is 8.42 Å². The first-order chi connectivity index (χ1) is 11.3. The Morgan fingerprint density at radius 3 is 2.50 bits per heavy atom. The number of piperidine rings is 1. The van der Waals surface area contributed by atoms with E-state index in [0.717, 1.165) is 25.7 Å². The van der Waals surface area contributed by atoms with Crippen molar-refractivity contribution < 1.29 is 13.3 Å². The van der Waals surface area contributed by atoms with Gasteiger partial charge < -0.3 is 10.2 Å². The second-order valence-corrected chi connectivity index (χ2v) is 8.86. The molecular formula is C16H25N3O4S. The molecule has 1 fully saturated rings. The molecule has 8 heteroatoms. The fraction of sp³-hybridized carbons (Fsp3) is 0.625. The molecule has 1 N–H and O–H groups in total.